The van der Waals surface area contributed by atoms with Crippen LogP contribution in [0.15, 0.2) is 11.4 Å². The van der Waals surface area contributed by atoms with E-state index in [0.29, 0.717) is 19.5 Å². The molecule has 4 nitrogen and oxygen atoms in total. The normalized spacial score (nSPS) is 18.8. The minimum absolute atomic E-state index is 0.0655. The van der Waals surface area contributed by atoms with E-state index >= 15 is 0 Å². The Hall–Kier alpha value is -0.870. The molecule has 0 spiro atoms. The zero-order valence-corrected chi connectivity index (χ0v) is 12.3. The van der Waals surface area contributed by atoms with Crippen molar-refractivity contribution in [2.24, 2.45) is 0 Å². The van der Waals surface area contributed by atoms with Crippen molar-refractivity contribution in [3.05, 3.63) is 21.9 Å². The summed E-state index contributed by atoms with van der Waals surface area (Å²) in [5.41, 5.74) is 0.892. The van der Waals surface area contributed by atoms with Crippen molar-refractivity contribution in [3.8, 4) is 11.8 Å². The lowest BCUT2D eigenvalue weighted by Gasteiger charge is -2.25. The Balaban J connectivity index is 2.02. The summed E-state index contributed by atoms with van der Waals surface area (Å²) < 4.78 is 25.3. The van der Waals surface area contributed by atoms with Gasteiger partial charge < -0.3 is 5.11 Å². The maximum absolute atomic E-state index is 11.9. The number of aliphatic hydroxyl groups is 1. The highest BCUT2D eigenvalue weighted by Crippen LogP contribution is 2.21. The van der Waals surface area contributed by atoms with Gasteiger partial charge in [0.05, 0.1) is 12.4 Å². The first-order valence-corrected chi connectivity index (χ1v) is 8.76. The molecule has 0 aromatic carbocycles. The largest absolute Gasteiger partial charge is 0.395 e. The molecule has 1 fully saturated rings. The fourth-order valence-corrected chi connectivity index (χ4v) is 4.42. The van der Waals surface area contributed by atoms with Crippen LogP contribution in [0.2, 0.25) is 0 Å². The van der Waals surface area contributed by atoms with E-state index in [9.17, 15) is 8.42 Å². The monoisotopic (exact) mass is 299 g/mol. The molecule has 0 atom stereocenters. The molecule has 0 unspecified atom stereocenters. The molecule has 1 aliphatic rings. The van der Waals surface area contributed by atoms with E-state index in [-0.39, 0.29) is 12.4 Å². The summed E-state index contributed by atoms with van der Waals surface area (Å²) in [6.45, 7) is 1.14. The van der Waals surface area contributed by atoms with Crippen LogP contribution in [0.3, 0.4) is 0 Å². The summed E-state index contributed by atoms with van der Waals surface area (Å²) in [6.07, 6.45) is 2.17. The standard InChI is InChI=1S/C13H17NO3S2/c15-7-3-1-5-12-9-13(18-11-12)10-14-6-2-4-8-19(14,16)17/h9,11,15H,2-4,6-8,10H2. The van der Waals surface area contributed by atoms with Crippen molar-refractivity contribution >= 4 is 21.4 Å². The fraction of sp³-hybridized carbons (Fsp3) is 0.538. The van der Waals surface area contributed by atoms with Gasteiger partial charge in [0, 0.05) is 35.3 Å². The first kappa shape index (κ1) is 14.5. The summed E-state index contributed by atoms with van der Waals surface area (Å²) in [7, 11) is -3.06. The molecule has 1 saturated heterocycles. The number of hydrogen-bond donors (Lipinski definition) is 1. The van der Waals surface area contributed by atoms with E-state index in [1.165, 1.54) is 11.3 Å². The molecule has 2 rings (SSSR count). The van der Waals surface area contributed by atoms with Crippen LogP contribution in [-0.4, -0.2) is 36.7 Å². The van der Waals surface area contributed by atoms with Gasteiger partial charge in [-0.3, -0.25) is 0 Å². The lowest BCUT2D eigenvalue weighted by Crippen LogP contribution is -2.36. The lowest BCUT2D eigenvalue weighted by atomic mass is 10.3. The van der Waals surface area contributed by atoms with Gasteiger partial charge in [0.15, 0.2) is 0 Å². The zero-order chi connectivity index (χ0) is 13.7. The van der Waals surface area contributed by atoms with Gasteiger partial charge in [-0.2, -0.15) is 4.31 Å². The average molecular weight is 299 g/mol. The second-order valence-corrected chi connectivity index (χ2v) is 7.52. The summed E-state index contributed by atoms with van der Waals surface area (Å²) in [4.78, 5) is 1.01. The summed E-state index contributed by atoms with van der Waals surface area (Å²) in [6, 6.07) is 1.93. The number of aliphatic hydroxyl groups excluding tert-OH is 1. The third-order valence-electron chi connectivity index (χ3n) is 2.91. The molecule has 6 heteroatoms. The number of rotatable bonds is 3. The minimum Gasteiger partial charge on any atom is -0.395 e. The molecule has 1 N–H and O–H groups in total. The maximum Gasteiger partial charge on any atom is 0.214 e. The third kappa shape index (κ3) is 4.05. The first-order chi connectivity index (χ1) is 9.12. The SMILES string of the molecule is O=S1(=O)CCCCN1Cc1cc(C#CCCO)cs1. The van der Waals surface area contributed by atoms with Crippen molar-refractivity contribution in [3.63, 3.8) is 0 Å². The second-order valence-electron chi connectivity index (χ2n) is 4.43. The predicted octanol–water partition coefficient (Wildman–Crippen LogP) is 1.41. The van der Waals surface area contributed by atoms with E-state index in [0.717, 1.165) is 23.3 Å². The van der Waals surface area contributed by atoms with Crippen LogP contribution in [0.25, 0.3) is 0 Å². The van der Waals surface area contributed by atoms with Gasteiger partial charge in [-0.15, -0.1) is 11.3 Å². The average Bonchev–Trinajstić information content (AvgIpc) is 2.80. The summed E-state index contributed by atoms with van der Waals surface area (Å²) in [5.74, 6) is 6.08. The van der Waals surface area contributed by atoms with Crippen LogP contribution in [-0.2, 0) is 16.6 Å². The smallest absolute Gasteiger partial charge is 0.214 e. The van der Waals surface area contributed by atoms with Gasteiger partial charge in [-0.25, -0.2) is 8.42 Å². The Kier molecular flexibility index (Phi) is 4.99. The van der Waals surface area contributed by atoms with E-state index < -0.39 is 10.0 Å². The zero-order valence-electron chi connectivity index (χ0n) is 10.6. The molecule has 104 valence electrons. The number of thiophene rings is 1. The van der Waals surface area contributed by atoms with Gasteiger partial charge in [0.25, 0.3) is 0 Å². The molecule has 0 aliphatic carbocycles. The van der Waals surface area contributed by atoms with E-state index in [2.05, 4.69) is 11.8 Å². The highest BCUT2D eigenvalue weighted by Gasteiger charge is 2.25. The molecule has 0 radical (unpaired) electrons. The molecular formula is C13H17NO3S2. The van der Waals surface area contributed by atoms with E-state index in [4.69, 9.17) is 5.11 Å². The molecule has 1 aromatic rings. The van der Waals surface area contributed by atoms with Crippen molar-refractivity contribution < 1.29 is 13.5 Å². The fourth-order valence-electron chi connectivity index (χ4n) is 1.94. The highest BCUT2D eigenvalue weighted by atomic mass is 32.2. The topological polar surface area (TPSA) is 57.6 Å². The highest BCUT2D eigenvalue weighted by molar-refractivity contribution is 7.89. The third-order valence-corrected chi connectivity index (χ3v) is 5.73. The quantitative estimate of drug-likeness (QED) is 0.859. The minimum atomic E-state index is -3.06. The second kappa shape index (κ2) is 6.53. The molecule has 0 amide bonds. The molecular weight excluding hydrogens is 282 g/mol. The van der Waals surface area contributed by atoms with Crippen molar-refractivity contribution in [2.75, 3.05) is 18.9 Å². The number of nitrogens with zero attached hydrogens (tertiary/aromatic N) is 1. The van der Waals surface area contributed by atoms with E-state index in [1.807, 2.05) is 11.4 Å². The molecule has 0 bridgehead atoms. The molecule has 1 aromatic heterocycles. The Morgan fingerprint density at radius 3 is 3.00 bits per heavy atom. The van der Waals surface area contributed by atoms with Crippen LogP contribution in [0, 0.1) is 11.8 Å². The lowest BCUT2D eigenvalue weighted by molar-refractivity contribution is 0.305. The van der Waals surface area contributed by atoms with Crippen LogP contribution in [0.1, 0.15) is 29.7 Å². The maximum atomic E-state index is 11.9. The van der Waals surface area contributed by atoms with Crippen LogP contribution in [0.4, 0.5) is 0 Å². The Bertz CT molecular complexity index is 581. The van der Waals surface area contributed by atoms with E-state index in [1.54, 1.807) is 4.31 Å². The van der Waals surface area contributed by atoms with Crippen LogP contribution in [0.5, 0.6) is 0 Å². The van der Waals surface area contributed by atoms with Gasteiger partial charge in [-0.05, 0) is 18.9 Å². The molecule has 1 aliphatic heterocycles. The van der Waals surface area contributed by atoms with Crippen molar-refractivity contribution in [1.29, 1.82) is 0 Å². The summed E-state index contributed by atoms with van der Waals surface area (Å²) >= 11 is 1.53. The van der Waals surface area contributed by atoms with Gasteiger partial charge in [0.2, 0.25) is 10.0 Å². The Labute approximate surface area is 118 Å². The van der Waals surface area contributed by atoms with Gasteiger partial charge in [-0.1, -0.05) is 11.8 Å². The molecule has 2 heterocycles. The van der Waals surface area contributed by atoms with Crippen molar-refractivity contribution in [1.82, 2.24) is 4.31 Å². The molecule has 0 saturated carbocycles. The number of hydrogen-bond acceptors (Lipinski definition) is 4. The van der Waals surface area contributed by atoms with Crippen LogP contribution >= 0.6 is 11.3 Å². The Morgan fingerprint density at radius 1 is 1.42 bits per heavy atom. The van der Waals surface area contributed by atoms with Crippen molar-refractivity contribution in [2.45, 2.75) is 25.8 Å². The van der Waals surface area contributed by atoms with Gasteiger partial charge in [0.1, 0.15) is 0 Å². The van der Waals surface area contributed by atoms with Gasteiger partial charge >= 0.3 is 0 Å². The number of sulfonamides is 1. The first-order valence-electron chi connectivity index (χ1n) is 6.27. The molecule has 19 heavy (non-hydrogen) atoms. The predicted molar refractivity (Wildman–Crippen MR) is 76.3 cm³/mol. The summed E-state index contributed by atoms with van der Waals surface area (Å²) in [5, 5.41) is 10.6. The van der Waals surface area contributed by atoms with Crippen LogP contribution < -0.4 is 0 Å². The Morgan fingerprint density at radius 2 is 2.26 bits per heavy atom.